The fraction of sp³-hybridized carbons (Fsp3) is 0.438. The van der Waals surface area contributed by atoms with Crippen LogP contribution in [0, 0.1) is 0 Å². The van der Waals surface area contributed by atoms with Crippen LogP contribution < -0.4 is 5.73 Å². The van der Waals surface area contributed by atoms with Crippen molar-refractivity contribution in [2.24, 2.45) is 5.73 Å². The van der Waals surface area contributed by atoms with Crippen LogP contribution in [0.2, 0.25) is 0 Å². The largest absolute Gasteiger partial charge is 0.463 e. The van der Waals surface area contributed by atoms with Gasteiger partial charge < -0.3 is 10.5 Å². The van der Waals surface area contributed by atoms with E-state index in [-0.39, 0.29) is 12.0 Å². The molecular formula is C16H21NO2. The van der Waals surface area contributed by atoms with Gasteiger partial charge in [-0.1, -0.05) is 24.3 Å². The molecule has 19 heavy (non-hydrogen) atoms. The average molecular weight is 259 g/mol. The van der Waals surface area contributed by atoms with Crippen LogP contribution in [0.25, 0.3) is 0 Å². The van der Waals surface area contributed by atoms with Gasteiger partial charge in [-0.2, -0.15) is 0 Å². The summed E-state index contributed by atoms with van der Waals surface area (Å²) in [6.07, 6.45) is 7.22. The van der Waals surface area contributed by atoms with E-state index in [1.807, 2.05) is 6.08 Å². The van der Waals surface area contributed by atoms with Crippen molar-refractivity contribution in [3.05, 3.63) is 47.0 Å². The van der Waals surface area contributed by atoms with Crippen molar-refractivity contribution < 1.29 is 9.53 Å². The van der Waals surface area contributed by atoms with Gasteiger partial charge in [0.25, 0.3) is 0 Å². The number of carbonyl (C=O) groups excluding carboxylic acids is 1. The number of nitrogens with two attached hydrogens (primary N) is 1. The van der Waals surface area contributed by atoms with Gasteiger partial charge in [-0.3, -0.25) is 0 Å². The van der Waals surface area contributed by atoms with Crippen LogP contribution in [0.1, 0.15) is 30.0 Å². The number of hydrogen-bond acceptors (Lipinski definition) is 3. The molecule has 1 aliphatic rings. The van der Waals surface area contributed by atoms with Crippen molar-refractivity contribution >= 4 is 5.97 Å². The molecule has 2 N–H and O–H groups in total. The Morgan fingerprint density at radius 3 is 3.11 bits per heavy atom. The third-order valence-electron chi connectivity index (χ3n) is 3.43. The Balaban J connectivity index is 1.98. The number of rotatable bonds is 4. The molecule has 3 heteroatoms. The average Bonchev–Trinajstić information content (AvgIpc) is 2.38. The first-order valence-electron chi connectivity index (χ1n) is 6.88. The Labute approximate surface area is 114 Å². The van der Waals surface area contributed by atoms with Gasteiger partial charge in [0, 0.05) is 12.1 Å². The lowest BCUT2D eigenvalue weighted by molar-refractivity contribution is -0.137. The van der Waals surface area contributed by atoms with Crippen molar-refractivity contribution in [2.75, 3.05) is 6.61 Å². The molecule has 0 aromatic heterocycles. The SMILES string of the molecule is CCOC(=O)C=CCc1ccc2c(c1)CC(N)CC2. The topological polar surface area (TPSA) is 52.3 Å². The summed E-state index contributed by atoms with van der Waals surface area (Å²) in [6.45, 7) is 2.22. The maximum Gasteiger partial charge on any atom is 0.330 e. The van der Waals surface area contributed by atoms with Crippen molar-refractivity contribution in [2.45, 2.75) is 38.6 Å². The molecule has 1 aliphatic carbocycles. The maximum absolute atomic E-state index is 11.2. The third-order valence-corrected chi connectivity index (χ3v) is 3.43. The van der Waals surface area contributed by atoms with E-state index in [1.54, 1.807) is 6.92 Å². The van der Waals surface area contributed by atoms with E-state index < -0.39 is 0 Å². The second-order valence-electron chi connectivity index (χ2n) is 4.96. The van der Waals surface area contributed by atoms with E-state index in [1.165, 1.54) is 22.8 Å². The zero-order valence-corrected chi connectivity index (χ0v) is 11.4. The maximum atomic E-state index is 11.2. The number of fused-ring (bicyclic) bond motifs is 1. The van der Waals surface area contributed by atoms with E-state index in [0.717, 1.165) is 25.7 Å². The number of carbonyl (C=O) groups is 1. The van der Waals surface area contributed by atoms with Crippen LogP contribution in [0.4, 0.5) is 0 Å². The molecule has 3 nitrogen and oxygen atoms in total. The Kier molecular flexibility index (Phi) is 4.74. The predicted octanol–water partition coefficient (Wildman–Crippen LogP) is 2.16. The molecule has 0 saturated carbocycles. The molecule has 0 heterocycles. The highest BCUT2D eigenvalue weighted by Crippen LogP contribution is 2.22. The molecule has 1 aromatic carbocycles. The second-order valence-corrected chi connectivity index (χ2v) is 4.96. The molecule has 0 fully saturated rings. The second kappa shape index (κ2) is 6.53. The first kappa shape index (κ1) is 13.8. The minimum atomic E-state index is -0.275. The van der Waals surface area contributed by atoms with E-state index in [4.69, 9.17) is 10.5 Å². The van der Waals surface area contributed by atoms with Gasteiger partial charge in [0.1, 0.15) is 0 Å². The van der Waals surface area contributed by atoms with Gasteiger partial charge in [0.05, 0.1) is 6.61 Å². The van der Waals surface area contributed by atoms with Crippen molar-refractivity contribution in [3.8, 4) is 0 Å². The summed E-state index contributed by atoms with van der Waals surface area (Å²) in [6, 6.07) is 6.82. The van der Waals surface area contributed by atoms with Crippen LogP contribution in [0.3, 0.4) is 0 Å². The smallest absolute Gasteiger partial charge is 0.330 e. The van der Waals surface area contributed by atoms with Gasteiger partial charge in [-0.25, -0.2) is 4.79 Å². The zero-order valence-electron chi connectivity index (χ0n) is 11.4. The summed E-state index contributed by atoms with van der Waals surface area (Å²) in [5, 5.41) is 0. The third kappa shape index (κ3) is 3.93. The molecule has 0 spiro atoms. The molecule has 0 saturated heterocycles. The van der Waals surface area contributed by atoms with Crippen LogP contribution in [0.15, 0.2) is 30.4 Å². The highest BCUT2D eigenvalue weighted by Gasteiger charge is 2.15. The van der Waals surface area contributed by atoms with Crippen molar-refractivity contribution in [1.82, 2.24) is 0 Å². The molecule has 102 valence electrons. The van der Waals surface area contributed by atoms with Crippen LogP contribution in [-0.4, -0.2) is 18.6 Å². The molecule has 0 radical (unpaired) electrons. The highest BCUT2D eigenvalue weighted by molar-refractivity contribution is 5.81. The molecule has 1 aromatic rings. The number of esters is 1. The van der Waals surface area contributed by atoms with Crippen LogP contribution >= 0.6 is 0 Å². The summed E-state index contributed by atoms with van der Waals surface area (Å²) in [4.78, 5) is 11.2. The quantitative estimate of drug-likeness (QED) is 0.666. The molecule has 1 unspecified atom stereocenters. The van der Waals surface area contributed by atoms with E-state index in [0.29, 0.717) is 6.61 Å². The summed E-state index contributed by atoms with van der Waals surface area (Å²) >= 11 is 0. The summed E-state index contributed by atoms with van der Waals surface area (Å²) < 4.78 is 4.84. The summed E-state index contributed by atoms with van der Waals surface area (Å²) in [7, 11) is 0. The van der Waals surface area contributed by atoms with Crippen LogP contribution in [-0.2, 0) is 28.8 Å². The first-order valence-corrected chi connectivity index (χ1v) is 6.88. The number of hydrogen-bond donors (Lipinski definition) is 1. The van der Waals surface area contributed by atoms with Crippen molar-refractivity contribution in [1.29, 1.82) is 0 Å². The summed E-state index contributed by atoms with van der Waals surface area (Å²) in [5.41, 5.74) is 9.99. The molecule has 0 amide bonds. The van der Waals surface area contributed by atoms with Gasteiger partial charge in [0.15, 0.2) is 0 Å². The normalized spacial score (nSPS) is 18.3. The first-order chi connectivity index (χ1) is 9.19. The van der Waals surface area contributed by atoms with Crippen LogP contribution in [0.5, 0.6) is 0 Å². The van der Waals surface area contributed by atoms with E-state index >= 15 is 0 Å². The predicted molar refractivity (Wildman–Crippen MR) is 75.9 cm³/mol. The lowest BCUT2D eigenvalue weighted by atomic mass is 9.87. The Morgan fingerprint density at radius 1 is 1.47 bits per heavy atom. The van der Waals surface area contributed by atoms with E-state index in [2.05, 4.69) is 18.2 Å². The van der Waals surface area contributed by atoms with Gasteiger partial charge in [-0.05, 0) is 49.3 Å². The molecule has 0 aliphatic heterocycles. The zero-order chi connectivity index (χ0) is 13.7. The number of aryl methyl sites for hydroxylation is 1. The minimum absolute atomic E-state index is 0.275. The monoisotopic (exact) mass is 259 g/mol. The Bertz CT molecular complexity index is 480. The standard InChI is InChI=1S/C16H21NO2/c1-2-19-16(18)5-3-4-12-6-7-13-8-9-15(17)11-14(13)10-12/h3,5-7,10,15H,2,4,8-9,11,17H2,1H3. The lowest BCUT2D eigenvalue weighted by Gasteiger charge is -2.21. The highest BCUT2D eigenvalue weighted by atomic mass is 16.5. The van der Waals surface area contributed by atoms with Gasteiger partial charge >= 0.3 is 5.97 Å². The molecule has 0 bridgehead atoms. The number of allylic oxidation sites excluding steroid dienone is 1. The molecule has 2 rings (SSSR count). The van der Waals surface area contributed by atoms with Gasteiger partial charge in [0.2, 0.25) is 0 Å². The Hall–Kier alpha value is -1.61. The number of benzene rings is 1. The fourth-order valence-corrected chi connectivity index (χ4v) is 2.45. The number of ether oxygens (including phenoxy) is 1. The minimum Gasteiger partial charge on any atom is -0.463 e. The molecular weight excluding hydrogens is 238 g/mol. The van der Waals surface area contributed by atoms with Gasteiger partial charge in [-0.15, -0.1) is 0 Å². The van der Waals surface area contributed by atoms with E-state index in [9.17, 15) is 4.79 Å². The molecule has 1 atom stereocenters. The fourth-order valence-electron chi connectivity index (χ4n) is 2.45. The lowest BCUT2D eigenvalue weighted by Crippen LogP contribution is -2.27. The van der Waals surface area contributed by atoms with Crippen molar-refractivity contribution in [3.63, 3.8) is 0 Å². The Morgan fingerprint density at radius 2 is 2.32 bits per heavy atom. The summed E-state index contributed by atoms with van der Waals surface area (Å²) in [5.74, 6) is -0.275.